The lowest BCUT2D eigenvalue weighted by molar-refractivity contribution is -0.144. The average molecular weight is 421 g/mol. The van der Waals surface area contributed by atoms with E-state index in [9.17, 15) is 18.0 Å². The molecule has 0 aliphatic carbocycles. The molecule has 2 rings (SSSR count). The van der Waals surface area contributed by atoms with E-state index in [-0.39, 0.29) is 10.5 Å². The lowest BCUT2D eigenvalue weighted by Gasteiger charge is -2.23. The highest BCUT2D eigenvalue weighted by molar-refractivity contribution is 7.89. The molecule has 2 aromatic rings. The minimum absolute atomic E-state index is 0.0803. The van der Waals surface area contributed by atoms with Gasteiger partial charge in [0.15, 0.2) is 5.66 Å². The number of hydrogen-bond donors (Lipinski definition) is 3. The summed E-state index contributed by atoms with van der Waals surface area (Å²) in [5, 5.41) is 0. The number of benzene rings is 2. The third kappa shape index (κ3) is 6.44. The van der Waals surface area contributed by atoms with Gasteiger partial charge in [0.2, 0.25) is 10.0 Å². The van der Waals surface area contributed by atoms with Crippen LogP contribution in [-0.4, -0.2) is 39.2 Å². The number of carbonyl (C=O) groups is 2. The highest BCUT2D eigenvalue weighted by Crippen LogP contribution is 2.13. The number of ether oxygens (including phenoxy) is 2. The van der Waals surface area contributed by atoms with Crippen LogP contribution in [0.15, 0.2) is 59.5 Å². The van der Waals surface area contributed by atoms with E-state index < -0.39 is 27.6 Å². The first-order valence-corrected chi connectivity index (χ1v) is 10.2. The van der Waals surface area contributed by atoms with Crippen molar-refractivity contribution in [1.82, 2.24) is 4.72 Å². The molecule has 0 heterocycles. The zero-order valence-corrected chi connectivity index (χ0v) is 16.6. The number of nitrogens with two attached hydrogens (primary N) is 2. The number of sulfonamides is 1. The molecule has 10 heteroatoms. The first kappa shape index (κ1) is 22.7. The van der Waals surface area contributed by atoms with Crippen LogP contribution in [0.3, 0.4) is 0 Å². The lowest BCUT2D eigenvalue weighted by atomic mass is 10.1. The van der Waals surface area contributed by atoms with Crippen LogP contribution in [0.1, 0.15) is 22.8 Å². The Morgan fingerprint density at radius 3 is 2.28 bits per heavy atom. The maximum atomic E-state index is 12.4. The highest BCUT2D eigenvalue weighted by Gasteiger charge is 2.37. The fourth-order valence-electron chi connectivity index (χ4n) is 2.24. The summed E-state index contributed by atoms with van der Waals surface area (Å²) in [5.41, 5.74) is 9.85. The van der Waals surface area contributed by atoms with Crippen molar-refractivity contribution in [2.75, 3.05) is 13.2 Å². The molecule has 0 aliphatic rings. The van der Waals surface area contributed by atoms with Gasteiger partial charge in [0.25, 0.3) is 0 Å². The highest BCUT2D eigenvalue weighted by atomic mass is 32.2. The number of esters is 2. The molecule has 0 saturated heterocycles. The van der Waals surface area contributed by atoms with Crippen LogP contribution >= 0.6 is 0 Å². The summed E-state index contributed by atoms with van der Waals surface area (Å²) in [4.78, 5) is 24.4. The Bertz CT molecular complexity index is 944. The van der Waals surface area contributed by atoms with E-state index in [2.05, 4.69) is 0 Å². The smallest absolute Gasteiger partial charge is 0.349 e. The van der Waals surface area contributed by atoms with Gasteiger partial charge in [0, 0.05) is 6.54 Å². The van der Waals surface area contributed by atoms with Crippen LogP contribution in [0.5, 0.6) is 0 Å². The van der Waals surface area contributed by atoms with E-state index in [1.54, 1.807) is 18.2 Å². The summed E-state index contributed by atoms with van der Waals surface area (Å²) >= 11 is 0. The van der Waals surface area contributed by atoms with Crippen LogP contribution in [0.4, 0.5) is 0 Å². The molecule has 156 valence electrons. The quantitative estimate of drug-likeness (QED) is 0.229. The van der Waals surface area contributed by atoms with Gasteiger partial charge in [-0.2, -0.15) is 4.72 Å². The largest absolute Gasteiger partial charge is 0.387 e. The standard InChI is InChI=1S/C19H23N3O6S/c1-19(21,22-29(25,26)16-5-3-2-4-6-16)18(24)28-17(23)15-9-7-14(8-10-15)13-27-12-11-20/h2-10,22H,11-13,20-21H2,1H3/t19-/m0/s1. The molecule has 0 saturated carbocycles. The van der Waals surface area contributed by atoms with Crippen molar-refractivity contribution in [3.05, 3.63) is 65.7 Å². The summed E-state index contributed by atoms with van der Waals surface area (Å²) in [7, 11) is -4.09. The summed E-state index contributed by atoms with van der Waals surface area (Å²) in [6.45, 7) is 2.24. The number of hydrogen-bond acceptors (Lipinski definition) is 8. The van der Waals surface area contributed by atoms with E-state index >= 15 is 0 Å². The van der Waals surface area contributed by atoms with E-state index in [4.69, 9.17) is 20.9 Å². The maximum absolute atomic E-state index is 12.4. The van der Waals surface area contributed by atoms with Gasteiger partial charge < -0.3 is 20.9 Å². The molecule has 29 heavy (non-hydrogen) atoms. The summed E-state index contributed by atoms with van der Waals surface area (Å²) in [5.74, 6) is -2.20. The molecular formula is C19H23N3O6S. The minimum atomic E-state index is -4.09. The molecule has 0 amide bonds. The third-order valence-electron chi connectivity index (χ3n) is 3.73. The SMILES string of the molecule is C[C@](N)(NS(=O)(=O)c1ccccc1)C(=O)OC(=O)c1ccc(COCCN)cc1. The van der Waals surface area contributed by atoms with Gasteiger partial charge in [-0.3, -0.25) is 0 Å². The number of rotatable bonds is 9. The fourth-order valence-corrected chi connectivity index (χ4v) is 3.51. The Kier molecular flexibility index (Phi) is 7.59. The molecule has 0 aromatic heterocycles. The van der Waals surface area contributed by atoms with Crippen molar-refractivity contribution in [3.63, 3.8) is 0 Å². The van der Waals surface area contributed by atoms with E-state index in [1.165, 1.54) is 36.4 Å². The Hall–Kier alpha value is -2.63. The Morgan fingerprint density at radius 2 is 1.69 bits per heavy atom. The second-order valence-corrected chi connectivity index (χ2v) is 8.02. The normalized spacial score (nSPS) is 13.5. The van der Waals surface area contributed by atoms with Crippen LogP contribution in [0.25, 0.3) is 0 Å². The van der Waals surface area contributed by atoms with Gasteiger partial charge in [-0.15, -0.1) is 0 Å². The molecule has 0 bridgehead atoms. The fraction of sp³-hybridized carbons (Fsp3) is 0.263. The topological polar surface area (TPSA) is 151 Å². The van der Waals surface area contributed by atoms with Crippen LogP contribution < -0.4 is 16.2 Å². The second-order valence-electron chi connectivity index (χ2n) is 6.34. The molecule has 0 spiro atoms. The van der Waals surface area contributed by atoms with E-state index in [0.717, 1.165) is 12.5 Å². The Morgan fingerprint density at radius 1 is 1.07 bits per heavy atom. The van der Waals surface area contributed by atoms with Crippen molar-refractivity contribution >= 4 is 22.0 Å². The lowest BCUT2D eigenvalue weighted by Crippen LogP contribution is -2.60. The number of carbonyl (C=O) groups excluding carboxylic acids is 2. The summed E-state index contributed by atoms with van der Waals surface area (Å²) < 4.78 is 36.8. The van der Waals surface area contributed by atoms with Gasteiger partial charge in [0.1, 0.15) is 0 Å². The maximum Gasteiger partial charge on any atom is 0.349 e. The van der Waals surface area contributed by atoms with Crippen molar-refractivity contribution in [3.8, 4) is 0 Å². The second kappa shape index (κ2) is 9.72. The zero-order chi connectivity index (χ0) is 21.5. The Labute approximate surface area is 169 Å². The molecule has 0 radical (unpaired) electrons. The summed E-state index contributed by atoms with van der Waals surface area (Å²) in [6, 6.07) is 13.6. The number of nitrogens with one attached hydrogen (secondary N) is 1. The molecule has 0 fully saturated rings. The van der Waals surface area contributed by atoms with Crippen molar-refractivity contribution in [1.29, 1.82) is 0 Å². The molecular weight excluding hydrogens is 398 g/mol. The first-order valence-electron chi connectivity index (χ1n) is 8.67. The predicted octanol–water partition coefficient (Wildman–Crippen LogP) is 0.499. The van der Waals surface area contributed by atoms with Crippen LogP contribution in [-0.2, 0) is 30.9 Å². The molecule has 5 N–H and O–H groups in total. The molecule has 2 aromatic carbocycles. The summed E-state index contributed by atoms with van der Waals surface area (Å²) in [6.07, 6.45) is 0. The molecule has 1 atom stereocenters. The van der Waals surface area contributed by atoms with Crippen LogP contribution in [0, 0.1) is 0 Å². The molecule has 0 unspecified atom stereocenters. The van der Waals surface area contributed by atoms with Gasteiger partial charge in [-0.25, -0.2) is 18.0 Å². The monoisotopic (exact) mass is 421 g/mol. The van der Waals surface area contributed by atoms with Gasteiger partial charge in [0.05, 0.1) is 23.7 Å². The average Bonchev–Trinajstić information content (AvgIpc) is 2.68. The Balaban J connectivity index is 2.01. The van der Waals surface area contributed by atoms with Crippen molar-refractivity contribution < 1.29 is 27.5 Å². The third-order valence-corrected chi connectivity index (χ3v) is 5.32. The van der Waals surface area contributed by atoms with Crippen molar-refractivity contribution in [2.45, 2.75) is 24.1 Å². The molecule has 0 aliphatic heterocycles. The van der Waals surface area contributed by atoms with E-state index in [0.29, 0.717) is 19.8 Å². The predicted molar refractivity (Wildman–Crippen MR) is 105 cm³/mol. The molecule has 9 nitrogen and oxygen atoms in total. The van der Waals surface area contributed by atoms with Crippen LogP contribution in [0.2, 0.25) is 0 Å². The minimum Gasteiger partial charge on any atom is -0.387 e. The van der Waals surface area contributed by atoms with Crippen molar-refractivity contribution in [2.24, 2.45) is 11.5 Å². The van der Waals surface area contributed by atoms with Gasteiger partial charge in [-0.1, -0.05) is 30.3 Å². The zero-order valence-electron chi connectivity index (χ0n) is 15.8. The van der Waals surface area contributed by atoms with E-state index in [1.807, 2.05) is 4.72 Å². The van der Waals surface area contributed by atoms with Gasteiger partial charge >= 0.3 is 11.9 Å². The van der Waals surface area contributed by atoms with Gasteiger partial charge in [-0.05, 0) is 36.8 Å². The first-order chi connectivity index (χ1) is 13.7.